The molecule has 0 saturated carbocycles. The number of nitrogens with zero attached hydrogens (tertiary/aromatic N) is 2. The van der Waals surface area contributed by atoms with E-state index in [1.54, 1.807) is 0 Å². The number of anilines is 7. The van der Waals surface area contributed by atoms with Crippen molar-refractivity contribution >= 4 is 45.9 Å². The van der Waals surface area contributed by atoms with Crippen LogP contribution in [0.3, 0.4) is 0 Å². The van der Waals surface area contributed by atoms with E-state index in [0.717, 1.165) is 73.2 Å². The molecule has 4 nitrogen and oxygen atoms in total. The van der Waals surface area contributed by atoms with E-state index in [0.29, 0.717) is 13.2 Å². The first-order valence-corrected chi connectivity index (χ1v) is 27.7. The van der Waals surface area contributed by atoms with E-state index in [4.69, 9.17) is 10.5 Å². The Labute approximate surface area is 471 Å². The molecule has 0 bridgehead atoms. The summed E-state index contributed by atoms with van der Waals surface area (Å²) in [4.78, 5) is 4.78. The molecule has 2 aliphatic rings. The molecule has 0 unspecified atom stereocenters. The van der Waals surface area contributed by atoms with Crippen molar-refractivity contribution in [2.75, 3.05) is 15.5 Å². The SMILES string of the molecule is C=Cc1ccc(COCc2ccc3c(c2)C(C)(C)c2cc(N(c4ccc(-c5ccccc5)cc4)c4ccc(-c5ccc(N(c6ccc(-c7ccc(N)cc7)cc6)c6ccc7c(c6)C(C)(C)c6ccccc6-7)cc5)cc4)ccc2-3)cc1. The van der Waals surface area contributed by atoms with Gasteiger partial charge in [-0.2, -0.15) is 0 Å². The molecule has 0 saturated heterocycles. The molecule has 0 fully saturated rings. The van der Waals surface area contributed by atoms with Crippen LogP contribution in [-0.4, -0.2) is 0 Å². The van der Waals surface area contributed by atoms with Gasteiger partial charge in [0.05, 0.1) is 13.2 Å². The minimum atomic E-state index is -0.226. The number of ether oxygens (including phenoxy) is 1. The highest BCUT2D eigenvalue weighted by atomic mass is 16.5. The molecule has 11 aromatic rings. The van der Waals surface area contributed by atoms with Crippen LogP contribution in [0, 0.1) is 0 Å². The standard InChI is InChI=1S/C76H63N3O/c1-6-51-16-18-52(19-17-51)49-80-50-53-20-43-68-70-45-42-66(48-74(70)76(4,5)72(68)46-53)79(61-33-23-56(24-34-61)54-12-8-7-9-13-54)64-39-29-59(30-40-64)58-27-37-63(38-28-58)78(62-35-25-57(26-36-62)55-21-31-60(77)32-22-55)65-41-44-69-67-14-10-11-15-71(67)75(2,3)73(69)47-65/h6-48H,1,49-50,77H2,2-5H3. The van der Waals surface area contributed by atoms with Gasteiger partial charge < -0.3 is 20.3 Å². The molecule has 11 aromatic carbocycles. The van der Waals surface area contributed by atoms with E-state index in [2.05, 4.69) is 287 Å². The lowest BCUT2D eigenvalue weighted by atomic mass is 9.82. The van der Waals surface area contributed by atoms with E-state index in [-0.39, 0.29) is 10.8 Å². The average Bonchev–Trinajstić information content (AvgIpc) is 3.99. The molecule has 0 radical (unpaired) electrons. The maximum atomic E-state index is 6.26. The van der Waals surface area contributed by atoms with Crippen molar-refractivity contribution in [3.8, 4) is 55.6 Å². The van der Waals surface area contributed by atoms with Crippen molar-refractivity contribution in [1.29, 1.82) is 0 Å². The summed E-state index contributed by atoms with van der Waals surface area (Å²) in [6, 6.07) is 92.7. The Bertz CT molecular complexity index is 4060. The van der Waals surface area contributed by atoms with Gasteiger partial charge in [0.1, 0.15) is 0 Å². The monoisotopic (exact) mass is 1030 g/mol. The third-order valence-electron chi connectivity index (χ3n) is 16.7. The number of hydrogen-bond donors (Lipinski definition) is 1. The smallest absolute Gasteiger partial charge is 0.0721 e. The molecule has 80 heavy (non-hydrogen) atoms. The second-order valence-corrected chi connectivity index (χ2v) is 22.4. The van der Waals surface area contributed by atoms with E-state index in [1.807, 2.05) is 18.2 Å². The van der Waals surface area contributed by atoms with Crippen LogP contribution in [0.2, 0.25) is 0 Å². The number of benzene rings is 11. The lowest BCUT2D eigenvalue weighted by molar-refractivity contribution is 0.107. The number of nitrogens with two attached hydrogens (primary N) is 1. The van der Waals surface area contributed by atoms with Crippen molar-refractivity contribution in [3.05, 3.63) is 300 Å². The van der Waals surface area contributed by atoms with Crippen LogP contribution in [0.25, 0.3) is 61.7 Å². The van der Waals surface area contributed by atoms with E-state index in [1.165, 1.54) is 61.2 Å². The molecule has 0 spiro atoms. The normalized spacial score (nSPS) is 13.2. The summed E-state index contributed by atoms with van der Waals surface area (Å²) >= 11 is 0. The highest BCUT2D eigenvalue weighted by molar-refractivity contribution is 5.89. The quantitative estimate of drug-likeness (QED) is 0.110. The Balaban J connectivity index is 0.814. The second-order valence-electron chi connectivity index (χ2n) is 22.4. The summed E-state index contributed by atoms with van der Waals surface area (Å²) in [7, 11) is 0. The Morgan fingerprint density at radius 3 is 1.18 bits per heavy atom. The first kappa shape index (κ1) is 50.1. The van der Waals surface area contributed by atoms with Crippen LogP contribution in [0.5, 0.6) is 0 Å². The Kier molecular flexibility index (Phi) is 12.8. The molecule has 0 atom stereocenters. The largest absolute Gasteiger partial charge is 0.399 e. The maximum absolute atomic E-state index is 6.26. The maximum Gasteiger partial charge on any atom is 0.0721 e. The highest BCUT2D eigenvalue weighted by Gasteiger charge is 2.37. The second kappa shape index (κ2) is 20.4. The number of fused-ring (bicyclic) bond motifs is 6. The minimum Gasteiger partial charge on any atom is -0.399 e. The molecule has 0 heterocycles. The molecular weight excluding hydrogens is 971 g/mol. The van der Waals surface area contributed by atoms with Gasteiger partial charge in [-0.3, -0.25) is 0 Å². The van der Waals surface area contributed by atoms with Gasteiger partial charge in [-0.05, 0) is 180 Å². The third kappa shape index (κ3) is 9.17. The Morgan fingerprint density at radius 1 is 0.350 bits per heavy atom. The fourth-order valence-corrected chi connectivity index (χ4v) is 12.3. The summed E-state index contributed by atoms with van der Waals surface area (Å²) in [6.07, 6.45) is 1.87. The van der Waals surface area contributed by atoms with Gasteiger partial charge >= 0.3 is 0 Å². The van der Waals surface area contributed by atoms with Crippen molar-refractivity contribution in [1.82, 2.24) is 0 Å². The van der Waals surface area contributed by atoms with E-state index < -0.39 is 0 Å². The minimum absolute atomic E-state index is 0.131. The predicted molar refractivity (Wildman–Crippen MR) is 337 cm³/mol. The third-order valence-corrected chi connectivity index (χ3v) is 16.7. The van der Waals surface area contributed by atoms with Crippen molar-refractivity contribution < 1.29 is 4.74 Å². The first-order valence-electron chi connectivity index (χ1n) is 27.7. The Morgan fingerprint density at radius 2 is 0.700 bits per heavy atom. The van der Waals surface area contributed by atoms with Crippen molar-refractivity contribution in [3.63, 3.8) is 0 Å². The average molecular weight is 1030 g/mol. The number of rotatable bonds is 14. The van der Waals surface area contributed by atoms with Gasteiger partial charge in [0, 0.05) is 50.6 Å². The Hall–Kier alpha value is -9.48. The van der Waals surface area contributed by atoms with Crippen molar-refractivity contribution in [2.45, 2.75) is 51.7 Å². The summed E-state index contributed by atoms with van der Waals surface area (Å²) in [6.45, 7) is 14.4. The van der Waals surface area contributed by atoms with Gasteiger partial charge in [-0.1, -0.05) is 210 Å². The van der Waals surface area contributed by atoms with Crippen LogP contribution < -0.4 is 15.5 Å². The molecule has 0 aliphatic heterocycles. The summed E-state index contributed by atoms with van der Waals surface area (Å²) in [5.74, 6) is 0. The van der Waals surface area contributed by atoms with E-state index >= 15 is 0 Å². The first-order chi connectivity index (χ1) is 39.0. The van der Waals surface area contributed by atoms with Crippen LogP contribution >= 0.6 is 0 Å². The summed E-state index contributed by atoms with van der Waals surface area (Å²) < 4.78 is 6.26. The van der Waals surface area contributed by atoms with Gasteiger partial charge in [0.2, 0.25) is 0 Å². The van der Waals surface area contributed by atoms with Gasteiger partial charge in [-0.25, -0.2) is 0 Å². The summed E-state index contributed by atoms with van der Waals surface area (Å²) in [5, 5.41) is 0. The fourth-order valence-electron chi connectivity index (χ4n) is 12.3. The molecule has 2 N–H and O–H groups in total. The lowest BCUT2D eigenvalue weighted by Gasteiger charge is -2.29. The molecule has 388 valence electrons. The highest BCUT2D eigenvalue weighted by Crippen LogP contribution is 2.53. The zero-order chi connectivity index (χ0) is 54.5. The molecule has 0 amide bonds. The topological polar surface area (TPSA) is 41.7 Å². The van der Waals surface area contributed by atoms with Gasteiger partial charge in [0.25, 0.3) is 0 Å². The molecule has 4 heteroatoms. The van der Waals surface area contributed by atoms with Crippen LogP contribution in [0.15, 0.2) is 261 Å². The molecular formula is C76H63N3O. The number of nitrogen functional groups attached to an aromatic ring is 1. The molecule has 13 rings (SSSR count). The lowest BCUT2D eigenvalue weighted by Crippen LogP contribution is -2.17. The molecule has 0 aromatic heterocycles. The van der Waals surface area contributed by atoms with Crippen LogP contribution in [0.1, 0.15) is 66.6 Å². The van der Waals surface area contributed by atoms with Crippen molar-refractivity contribution in [2.24, 2.45) is 0 Å². The summed E-state index contributed by atoms with van der Waals surface area (Å²) in [5.41, 5.74) is 34.0. The zero-order valence-corrected chi connectivity index (χ0v) is 45.8. The van der Waals surface area contributed by atoms with E-state index in [9.17, 15) is 0 Å². The van der Waals surface area contributed by atoms with Gasteiger partial charge in [-0.15, -0.1) is 0 Å². The number of hydrogen-bond acceptors (Lipinski definition) is 4. The fraction of sp³-hybridized carbons (Fsp3) is 0.105. The molecule has 2 aliphatic carbocycles. The van der Waals surface area contributed by atoms with Crippen LogP contribution in [0.4, 0.5) is 39.8 Å². The van der Waals surface area contributed by atoms with Gasteiger partial charge in [0.15, 0.2) is 0 Å². The van der Waals surface area contributed by atoms with Crippen LogP contribution in [-0.2, 0) is 28.8 Å². The predicted octanol–water partition coefficient (Wildman–Crippen LogP) is 20.2. The zero-order valence-electron chi connectivity index (χ0n) is 45.8.